The van der Waals surface area contributed by atoms with E-state index in [9.17, 15) is 18.3 Å². The molecule has 24 heavy (non-hydrogen) atoms. The number of hydrogen-bond donors (Lipinski definition) is 2. The lowest BCUT2D eigenvalue weighted by Gasteiger charge is -2.10. The molecule has 2 rings (SSSR count). The van der Waals surface area contributed by atoms with E-state index in [-0.39, 0.29) is 16.6 Å². The van der Waals surface area contributed by atoms with Crippen LogP contribution in [-0.4, -0.2) is 29.4 Å². The summed E-state index contributed by atoms with van der Waals surface area (Å²) in [5.74, 6) is 0.189. The Labute approximate surface area is 146 Å². The predicted octanol–water partition coefficient (Wildman–Crippen LogP) is 4.64. The van der Waals surface area contributed by atoms with Gasteiger partial charge in [0.2, 0.25) is 0 Å². The van der Waals surface area contributed by atoms with Crippen LogP contribution >= 0.6 is 23.2 Å². The molecular formula is C15H12Cl2F3N3O. The van der Waals surface area contributed by atoms with Gasteiger partial charge >= 0.3 is 6.18 Å². The molecule has 0 saturated heterocycles. The van der Waals surface area contributed by atoms with Crippen molar-refractivity contribution >= 4 is 35.2 Å². The second-order valence-corrected chi connectivity index (χ2v) is 5.56. The summed E-state index contributed by atoms with van der Waals surface area (Å²) in [4.78, 5) is 7.74. The zero-order chi connectivity index (χ0) is 17.7. The number of nitrogens with zero attached hydrogens (tertiary/aromatic N) is 2. The first kappa shape index (κ1) is 18.4. The lowest BCUT2D eigenvalue weighted by Crippen LogP contribution is -2.10. The molecule has 0 bridgehead atoms. The van der Waals surface area contributed by atoms with Gasteiger partial charge in [-0.3, -0.25) is 4.99 Å². The van der Waals surface area contributed by atoms with Crippen molar-refractivity contribution in [1.29, 1.82) is 0 Å². The molecule has 0 amide bonds. The summed E-state index contributed by atoms with van der Waals surface area (Å²) < 4.78 is 37.5. The van der Waals surface area contributed by atoms with E-state index in [2.05, 4.69) is 15.3 Å². The summed E-state index contributed by atoms with van der Waals surface area (Å²) in [6.07, 6.45) is -2.33. The summed E-state index contributed by atoms with van der Waals surface area (Å²) >= 11 is 11.6. The third kappa shape index (κ3) is 5.01. The van der Waals surface area contributed by atoms with E-state index >= 15 is 0 Å². The number of nitrogens with one attached hydrogen (secondary N) is 1. The molecule has 0 atom stereocenters. The van der Waals surface area contributed by atoms with Crippen LogP contribution in [0.3, 0.4) is 0 Å². The lowest BCUT2D eigenvalue weighted by molar-refractivity contribution is -0.137. The largest absolute Gasteiger partial charge is 0.507 e. The van der Waals surface area contributed by atoms with Crippen molar-refractivity contribution in [2.45, 2.75) is 6.18 Å². The summed E-state index contributed by atoms with van der Waals surface area (Å²) in [7, 11) is 0. The molecule has 0 fully saturated rings. The van der Waals surface area contributed by atoms with E-state index in [4.69, 9.17) is 23.2 Å². The van der Waals surface area contributed by atoms with Gasteiger partial charge in [-0.25, -0.2) is 4.98 Å². The normalized spacial score (nSPS) is 11.9. The fraction of sp³-hybridized carbons (Fsp3) is 0.200. The third-order valence-corrected chi connectivity index (χ3v) is 3.45. The topological polar surface area (TPSA) is 57.5 Å². The Morgan fingerprint density at radius 1 is 1.25 bits per heavy atom. The highest BCUT2D eigenvalue weighted by molar-refractivity contribution is 6.33. The van der Waals surface area contributed by atoms with Crippen LogP contribution in [0.15, 0.2) is 35.5 Å². The van der Waals surface area contributed by atoms with E-state index in [1.54, 1.807) is 12.1 Å². The fourth-order valence-electron chi connectivity index (χ4n) is 1.75. The molecule has 0 aliphatic carbocycles. The minimum atomic E-state index is -4.49. The van der Waals surface area contributed by atoms with Crippen molar-refractivity contribution in [2.24, 2.45) is 4.99 Å². The van der Waals surface area contributed by atoms with Crippen molar-refractivity contribution in [2.75, 3.05) is 18.4 Å². The molecular weight excluding hydrogens is 366 g/mol. The summed E-state index contributed by atoms with van der Waals surface area (Å²) in [6.45, 7) is 0.598. The predicted molar refractivity (Wildman–Crippen MR) is 88.3 cm³/mol. The van der Waals surface area contributed by atoms with E-state index in [0.29, 0.717) is 29.9 Å². The molecule has 2 aromatic rings. The smallest absolute Gasteiger partial charge is 0.417 e. The Bertz CT molecular complexity index is 751. The van der Waals surface area contributed by atoms with Gasteiger partial charge in [-0.1, -0.05) is 23.2 Å². The number of anilines is 1. The Hall–Kier alpha value is -1.99. The highest BCUT2D eigenvalue weighted by atomic mass is 35.5. The number of benzene rings is 1. The Morgan fingerprint density at radius 3 is 2.67 bits per heavy atom. The minimum absolute atomic E-state index is 0.0450. The molecule has 9 heteroatoms. The van der Waals surface area contributed by atoms with Gasteiger partial charge in [0.1, 0.15) is 11.6 Å². The number of phenolic OH excluding ortho intramolecular Hbond substituents is 1. The van der Waals surface area contributed by atoms with Gasteiger partial charge in [-0.2, -0.15) is 13.2 Å². The first-order valence-corrected chi connectivity index (χ1v) is 7.48. The molecule has 1 aromatic carbocycles. The number of aromatic hydroxyl groups is 1. The van der Waals surface area contributed by atoms with Gasteiger partial charge in [0.05, 0.1) is 17.1 Å². The second kappa shape index (κ2) is 7.72. The van der Waals surface area contributed by atoms with Crippen LogP contribution < -0.4 is 5.32 Å². The second-order valence-electron chi connectivity index (χ2n) is 4.72. The molecule has 0 aliphatic rings. The maximum absolute atomic E-state index is 12.5. The number of hydrogen-bond acceptors (Lipinski definition) is 4. The number of aliphatic imine (C=N–C) groups is 1. The van der Waals surface area contributed by atoms with E-state index in [1.165, 1.54) is 12.3 Å². The fourth-order valence-corrected chi connectivity index (χ4v) is 2.17. The highest BCUT2D eigenvalue weighted by Gasteiger charge is 2.31. The zero-order valence-electron chi connectivity index (χ0n) is 12.1. The van der Waals surface area contributed by atoms with Crippen molar-refractivity contribution in [1.82, 2.24) is 4.98 Å². The lowest BCUT2D eigenvalue weighted by atomic mass is 10.2. The van der Waals surface area contributed by atoms with Crippen LogP contribution in [0.25, 0.3) is 0 Å². The maximum atomic E-state index is 12.5. The van der Waals surface area contributed by atoms with Gasteiger partial charge in [0.25, 0.3) is 0 Å². The Balaban J connectivity index is 1.90. The Kier molecular flexibility index (Phi) is 5.90. The quantitative estimate of drug-likeness (QED) is 0.589. The van der Waals surface area contributed by atoms with Gasteiger partial charge < -0.3 is 10.4 Å². The van der Waals surface area contributed by atoms with Crippen LogP contribution in [0.1, 0.15) is 11.1 Å². The van der Waals surface area contributed by atoms with Crippen LogP contribution in [0, 0.1) is 0 Å². The number of aromatic nitrogens is 1. The molecule has 128 valence electrons. The van der Waals surface area contributed by atoms with Crippen LogP contribution in [0.4, 0.5) is 19.0 Å². The SMILES string of the molecule is Oc1ccc(Cl)cc1C=NCCNc1ncc(C(F)(F)F)cc1Cl. The highest BCUT2D eigenvalue weighted by Crippen LogP contribution is 2.32. The number of pyridine rings is 1. The van der Waals surface area contributed by atoms with Crippen molar-refractivity contribution in [3.8, 4) is 5.75 Å². The van der Waals surface area contributed by atoms with Crippen molar-refractivity contribution in [3.05, 3.63) is 51.6 Å². The van der Waals surface area contributed by atoms with Gasteiger partial charge in [-0.15, -0.1) is 0 Å². The standard InChI is InChI=1S/C15H12Cl2F3N3O/c16-11-1-2-13(24)9(5-11)7-21-3-4-22-14-12(17)6-10(8-23-14)15(18,19)20/h1-2,5-8,24H,3-4H2,(H,22,23). The minimum Gasteiger partial charge on any atom is -0.507 e. The monoisotopic (exact) mass is 377 g/mol. The van der Waals surface area contributed by atoms with Gasteiger partial charge in [-0.05, 0) is 24.3 Å². The molecule has 1 aromatic heterocycles. The van der Waals surface area contributed by atoms with E-state index in [0.717, 1.165) is 6.07 Å². The molecule has 4 nitrogen and oxygen atoms in total. The van der Waals surface area contributed by atoms with Crippen LogP contribution in [-0.2, 0) is 6.18 Å². The van der Waals surface area contributed by atoms with Crippen LogP contribution in [0.2, 0.25) is 10.0 Å². The molecule has 2 N–H and O–H groups in total. The van der Waals surface area contributed by atoms with Gasteiger partial charge in [0.15, 0.2) is 0 Å². The van der Waals surface area contributed by atoms with Gasteiger partial charge in [0, 0.05) is 29.5 Å². The molecule has 0 unspecified atom stereocenters. The molecule has 0 radical (unpaired) electrons. The number of rotatable bonds is 5. The molecule has 1 heterocycles. The van der Waals surface area contributed by atoms with Crippen LogP contribution in [0.5, 0.6) is 5.75 Å². The molecule has 0 spiro atoms. The van der Waals surface area contributed by atoms with E-state index < -0.39 is 11.7 Å². The zero-order valence-corrected chi connectivity index (χ0v) is 13.6. The summed E-state index contributed by atoms with van der Waals surface area (Å²) in [5, 5.41) is 12.7. The number of halogens is 5. The maximum Gasteiger partial charge on any atom is 0.417 e. The molecule has 0 saturated carbocycles. The first-order valence-electron chi connectivity index (χ1n) is 6.72. The molecule has 0 aliphatic heterocycles. The third-order valence-electron chi connectivity index (χ3n) is 2.92. The first-order chi connectivity index (χ1) is 11.3. The van der Waals surface area contributed by atoms with Crippen molar-refractivity contribution < 1.29 is 18.3 Å². The van der Waals surface area contributed by atoms with E-state index in [1.807, 2.05) is 0 Å². The Morgan fingerprint density at radius 2 is 2.00 bits per heavy atom. The average Bonchev–Trinajstić information content (AvgIpc) is 2.50. The summed E-state index contributed by atoms with van der Waals surface area (Å²) in [5.41, 5.74) is -0.444. The van der Waals surface area contributed by atoms with Crippen molar-refractivity contribution in [3.63, 3.8) is 0 Å². The number of phenols is 1. The average molecular weight is 378 g/mol. The number of alkyl halides is 3. The summed E-state index contributed by atoms with van der Waals surface area (Å²) in [6, 6.07) is 5.37.